The van der Waals surface area contributed by atoms with Crippen molar-refractivity contribution >= 4 is 22.6 Å². The highest BCUT2D eigenvalue weighted by atomic mass is 127. The molecule has 0 unspecified atom stereocenters. The minimum Gasteiger partial charge on any atom is -0.379 e. The van der Waals surface area contributed by atoms with Crippen LogP contribution in [0.15, 0.2) is 6.07 Å². The van der Waals surface area contributed by atoms with Gasteiger partial charge in [0.2, 0.25) is 0 Å². The van der Waals surface area contributed by atoms with Crippen LogP contribution < -0.4 is 5.32 Å². The van der Waals surface area contributed by atoms with Gasteiger partial charge in [0.15, 0.2) is 0 Å². The fourth-order valence-electron chi connectivity index (χ4n) is 2.81. The third-order valence-corrected chi connectivity index (χ3v) is 4.27. The predicted molar refractivity (Wildman–Crippen MR) is 74.3 cm³/mol. The molecule has 1 aromatic heterocycles. The Morgan fingerprint density at radius 2 is 2.18 bits per heavy atom. The SMILES string of the molecule is Ic1cc(C2CCNCC2)n([C@@H]2CCOC2)n1. The molecule has 1 N–H and O–H groups in total. The highest BCUT2D eigenvalue weighted by Crippen LogP contribution is 2.30. The normalized spacial score (nSPS) is 26.5. The molecule has 1 aromatic rings. The van der Waals surface area contributed by atoms with Crippen molar-refractivity contribution in [3.63, 3.8) is 0 Å². The van der Waals surface area contributed by atoms with Gasteiger partial charge in [0.25, 0.3) is 0 Å². The first-order valence-electron chi connectivity index (χ1n) is 6.38. The van der Waals surface area contributed by atoms with E-state index in [1.807, 2.05) is 0 Å². The Morgan fingerprint density at radius 3 is 2.88 bits per heavy atom. The molecule has 0 saturated carbocycles. The van der Waals surface area contributed by atoms with Crippen molar-refractivity contribution < 1.29 is 4.74 Å². The zero-order chi connectivity index (χ0) is 11.7. The van der Waals surface area contributed by atoms with Crippen molar-refractivity contribution in [1.29, 1.82) is 0 Å². The fraction of sp³-hybridized carbons (Fsp3) is 0.750. The van der Waals surface area contributed by atoms with Crippen LogP contribution in [-0.4, -0.2) is 36.1 Å². The molecule has 0 aromatic carbocycles. The molecule has 5 heteroatoms. The van der Waals surface area contributed by atoms with E-state index in [2.05, 4.69) is 43.8 Å². The van der Waals surface area contributed by atoms with Crippen LogP contribution in [0.2, 0.25) is 0 Å². The van der Waals surface area contributed by atoms with Crippen LogP contribution >= 0.6 is 22.6 Å². The van der Waals surface area contributed by atoms with Crippen LogP contribution in [0.5, 0.6) is 0 Å². The Hall–Kier alpha value is -0.140. The van der Waals surface area contributed by atoms with Crippen molar-refractivity contribution in [2.45, 2.75) is 31.2 Å². The summed E-state index contributed by atoms with van der Waals surface area (Å²) in [5, 5.41) is 8.09. The highest BCUT2D eigenvalue weighted by Gasteiger charge is 2.26. The van der Waals surface area contributed by atoms with Gasteiger partial charge in [-0.2, -0.15) is 5.10 Å². The van der Waals surface area contributed by atoms with Gasteiger partial charge in [0, 0.05) is 18.2 Å². The lowest BCUT2D eigenvalue weighted by molar-refractivity contribution is 0.183. The van der Waals surface area contributed by atoms with E-state index in [-0.39, 0.29) is 0 Å². The van der Waals surface area contributed by atoms with Gasteiger partial charge >= 0.3 is 0 Å². The number of nitrogens with zero attached hydrogens (tertiary/aromatic N) is 2. The molecule has 17 heavy (non-hydrogen) atoms. The average molecular weight is 347 g/mol. The van der Waals surface area contributed by atoms with E-state index in [1.54, 1.807) is 0 Å². The van der Waals surface area contributed by atoms with Crippen molar-refractivity contribution in [2.24, 2.45) is 0 Å². The summed E-state index contributed by atoms with van der Waals surface area (Å²) in [5.41, 5.74) is 1.42. The minimum atomic E-state index is 0.461. The minimum absolute atomic E-state index is 0.461. The zero-order valence-corrected chi connectivity index (χ0v) is 12.0. The first-order valence-corrected chi connectivity index (χ1v) is 7.46. The van der Waals surface area contributed by atoms with Crippen molar-refractivity contribution in [3.05, 3.63) is 15.5 Å². The first-order chi connectivity index (χ1) is 8.34. The number of piperidine rings is 1. The van der Waals surface area contributed by atoms with Crippen LogP contribution in [0.1, 0.15) is 36.9 Å². The quantitative estimate of drug-likeness (QED) is 0.831. The summed E-state index contributed by atoms with van der Waals surface area (Å²) in [7, 11) is 0. The number of ether oxygens (including phenoxy) is 1. The Morgan fingerprint density at radius 1 is 1.35 bits per heavy atom. The lowest BCUT2D eigenvalue weighted by atomic mass is 9.94. The maximum atomic E-state index is 5.49. The molecular weight excluding hydrogens is 329 g/mol. The molecule has 2 fully saturated rings. The van der Waals surface area contributed by atoms with Gasteiger partial charge in [0.1, 0.15) is 3.70 Å². The summed E-state index contributed by atoms with van der Waals surface area (Å²) in [4.78, 5) is 0. The van der Waals surface area contributed by atoms with Crippen molar-refractivity contribution in [1.82, 2.24) is 15.1 Å². The molecule has 2 aliphatic heterocycles. The molecule has 2 aliphatic rings. The Labute approximate surface area is 115 Å². The fourth-order valence-corrected chi connectivity index (χ4v) is 3.36. The molecule has 2 saturated heterocycles. The molecule has 3 heterocycles. The highest BCUT2D eigenvalue weighted by molar-refractivity contribution is 14.1. The molecule has 0 bridgehead atoms. The van der Waals surface area contributed by atoms with Gasteiger partial charge in [-0.05, 0) is 61.0 Å². The Kier molecular flexibility index (Phi) is 3.67. The number of nitrogens with one attached hydrogen (secondary N) is 1. The molecule has 1 atom stereocenters. The van der Waals surface area contributed by atoms with Crippen LogP contribution in [0, 0.1) is 3.70 Å². The largest absolute Gasteiger partial charge is 0.379 e. The Balaban J connectivity index is 1.86. The second-order valence-electron chi connectivity index (χ2n) is 4.88. The second kappa shape index (κ2) is 5.24. The lowest BCUT2D eigenvalue weighted by Crippen LogP contribution is -2.28. The van der Waals surface area contributed by atoms with Crippen LogP contribution in [0.4, 0.5) is 0 Å². The van der Waals surface area contributed by atoms with Crippen LogP contribution in [0.3, 0.4) is 0 Å². The zero-order valence-electron chi connectivity index (χ0n) is 9.86. The van der Waals surface area contributed by atoms with Crippen LogP contribution in [-0.2, 0) is 4.74 Å². The van der Waals surface area contributed by atoms with Gasteiger partial charge in [-0.25, -0.2) is 0 Å². The number of aromatic nitrogens is 2. The smallest absolute Gasteiger partial charge is 0.123 e. The van der Waals surface area contributed by atoms with Crippen molar-refractivity contribution in [2.75, 3.05) is 26.3 Å². The summed E-state index contributed by atoms with van der Waals surface area (Å²) in [5.74, 6) is 0.674. The van der Waals surface area contributed by atoms with E-state index in [0.29, 0.717) is 12.0 Å². The van der Waals surface area contributed by atoms with Gasteiger partial charge in [-0.1, -0.05) is 0 Å². The summed E-state index contributed by atoms with van der Waals surface area (Å²) in [6.07, 6.45) is 3.57. The summed E-state index contributed by atoms with van der Waals surface area (Å²) < 4.78 is 8.84. The molecule has 0 aliphatic carbocycles. The third kappa shape index (κ3) is 2.51. The first kappa shape index (κ1) is 11.9. The maximum Gasteiger partial charge on any atom is 0.123 e. The molecule has 0 spiro atoms. The monoisotopic (exact) mass is 347 g/mol. The van der Waals surface area contributed by atoms with Crippen LogP contribution in [0.25, 0.3) is 0 Å². The summed E-state index contributed by atoms with van der Waals surface area (Å²) in [6.45, 7) is 3.98. The molecule has 3 rings (SSSR count). The van der Waals surface area contributed by atoms with E-state index in [0.717, 1.165) is 36.4 Å². The summed E-state index contributed by atoms with van der Waals surface area (Å²) in [6, 6.07) is 2.72. The van der Waals surface area contributed by atoms with Gasteiger partial charge in [-0.3, -0.25) is 4.68 Å². The number of rotatable bonds is 2. The molecule has 4 nitrogen and oxygen atoms in total. The molecular formula is C12H18IN3O. The average Bonchev–Trinajstić information content (AvgIpc) is 2.98. The summed E-state index contributed by atoms with van der Waals surface area (Å²) >= 11 is 2.32. The van der Waals surface area contributed by atoms with E-state index in [4.69, 9.17) is 4.74 Å². The van der Waals surface area contributed by atoms with E-state index >= 15 is 0 Å². The topological polar surface area (TPSA) is 39.1 Å². The maximum absolute atomic E-state index is 5.49. The van der Waals surface area contributed by atoms with Gasteiger partial charge in [-0.15, -0.1) is 0 Å². The number of hydrogen-bond acceptors (Lipinski definition) is 3. The van der Waals surface area contributed by atoms with Crippen molar-refractivity contribution in [3.8, 4) is 0 Å². The van der Waals surface area contributed by atoms with E-state index in [9.17, 15) is 0 Å². The Bertz CT molecular complexity index is 381. The number of halogens is 1. The molecule has 0 radical (unpaired) electrons. The lowest BCUT2D eigenvalue weighted by Gasteiger charge is -2.24. The third-order valence-electron chi connectivity index (χ3n) is 3.74. The molecule has 0 amide bonds. The van der Waals surface area contributed by atoms with E-state index < -0.39 is 0 Å². The molecule has 94 valence electrons. The van der Waals surface area contributed by atoms with Gasteiger partial charge < -0.3 is 10.1 Å². The predicted octanol–water partition coefficient (Wildman–Crippen LogP) is 1.92. The number of hydrogen-bond donors (Lipinski definition) is 1. The van der Waals surface area contributed by atoms with E-state index in [1.165, 1.54) is 18.5 Å². The standard InChI is InChI=1S/C12H18IN3O/c13-12-7-11(9-1-4-14-5-2-9)16(15-12)10-3-6-17-8-10/h7,9-10,14H,1-6,8H2/t10-/m1/s1. The van der Waals surface area contributed by atoms with Gasteiger partial charge in [0.05, 0.1) is 12.6 Å². The second-order valence-corrected chi connectivity index (χ2v) is 5.98.